The third-order valence-corrected chi connectivity index (χ3v) is 5.58. The van der Waals surface area contributed by atoms with Gasteiger partial charge in [-0.05, 0) is 45.1 Å². The van der Waals surface area contributed by atoms with Gasteiger partial charge in [-0.1, -0.05) is 42.5 Å². The third-order valence-electron chi connectivity index (χ3n) is 5.58. The van der Waals surface area contributed by atoms with Gasteiger partial charge in [-0.3, -0.25) is 0 Å². The lowest BCUT2D eigenvalue weighted by Gasteiger charge is -2.21. The number of para-hydroxylation sites is 2. The van der Waals surface area contributed by atoms with Crippen LogP contribution in [-0.4, -0.2) is 54.8 Å². The standard InChI is InChI=1S/C26H34N6O2/c1-18(24-19(2)30-31-26(25(24)27)32(4)16-17-33)29-21-12-8-9-13-23(21)34-22(14-15-28-3)20-10-6-5-7-11-20/h5-13,22,28,33H,14-17H2,1-4H3,(H2,27,30). The average Bonchev–Trinajstić information content (AvgIpc) is 2.83. The van der Waals surface area contributed by atoms with Gasteiger partial charge in [0.25, 0.3) is 0 Å². The van der Waals surface area contributed by atoms with Crippen LogP contribution in [0.5, 0.6) is 5.75 Å². The Bertz CT molecular complexity index is 1100. The molecule has 0 saturated heterocycles. The van der Waals surface area contributed by atoms with Gasteiger partial charge >= 0.3 is 0 Å². The predicted octanol–water partition coefficient (Wildman–Crippen LogP) is 3.67. The summed E-state index contributed by atoms with van der Waals surface area (Å²) in [7, 11) is 3.76. The fraction of sp³-hybridized carbons (Fsp3) is 0.346. The molecule has 1 unspecified atom stereocenters. The number of aliphatic imine (C=N–C) groups is 1. The minimum absolute atomic E-state index is 0.00521. The Morgan fingerprint density at radius 3 is 2.56 bits per heavy atom. The SMILES string of the molecule is CNCCC(Oc1ccccc1N=C(C)c1c(C)nnc(N(C)CCO)c1N)c1ccccc1. The Morgan fingerprint density at radius 2 is 1.85 bits per heavy atom. The van der Waals surface area contributed by atoms with Gasteiger partial charge in [-0.2, -0.15) is 5.10 Å². The van der Waals surface area contributed by atoms with Crippen molar-refractivity contribution in [1.82, 2.24) is 15.5 Å². The van der Waals surface area contributed by atoms with Crippen molar-refractivity contribution in [2.24, 2.45) is 4.99 Å². The van der Waals surface area contributed by atoms with E-state index >= 15 is 0 Å². The lowest BCUT2D eigenvalue weighted by molar-refractivity contribution is 0.196. The zero-order chi connectivity index (χ0) is 24.5. The molecule has 0 radical (unpaired) electrons. The number of benzene rings is 2. The molecule has 0 amide bonds. The first-order valence-corrected chi connectivity index (χ1v) is 11.4. The summed E-state index contributed by atoms with van der Waals surface area (Å²) >= 11 is 0. The summed E-state index contributed by atoms with van der Waals surface area (Å²) in [6, 6.07) is 17.9. The number of ether oxygens (including phenoxy) is 1. The second-order valence-corrected chi connectivity index (χ2v) is 8.12. The van der Waals surface area contributed by atoms with Crippen LogP contribution in [0, 0.1) is 6.92 Å². The molecule has 0 aliphatic rings. The van der Waals surface area contributed by atoms with Crippen molar-refractivity contribution in [1.29, 1.82) is 0 Å². The number of aryl methyl sites for hydroxylation is 1. The van der Waals surface area contributed by atoms with E-state index in [4.69, 9.17) is 15.5 Å². The minimum Gasteiger partial charge on any atom is -0.483 e. The van der Waals surface area contributed by atoms with E-state index in [0.717, 1.165) is 24.1 Å². The molecule has 1 aromatic heterocycles. The highest BCUT2D eigenvalue weighted by Gasteiger charge is 2.18. The second-order valence-electron chi connectivity index (χ2n) is 8.12. The van der Waals surface area contributed by atoms with Crippen LogP contribution >= 0.6 is 0 Å². The number of aliphatic hydroxyl groups is 1. The van der Waals surface area contributed by atoms with E-state index in [1.54, 1.807) is 4.90 Å². The molecule has 3 rings (SSSR count). The molecule has 8 nitrogen and oxygen atoms in total. The van der Waals surface area contributed by atoms with Crippen LogP contribution in [0.1, 0.15) is 36.3 Å². The van der Waals surface area contributed by atoms with Crippen LogP contribution in [0.4, 0.5) is 17.2 Å². The number of hydrogen-bond acceptors (Lipinski definition) is 8. The molecule has 34 heavy (non-hydrogen) atoms. The summed E-state index contributed by atoms with van der Waals surface area (Å²) < 4.78 is 6.48. The van der Waals surface area contributed by atoms with Gasteiger partial charge in [0.05, 0.1) is 18.0 Å². The fourth-order valence-electron chi connectivity index (χ4n) is 3.80. The van der Waals surface area contributed by atoms with E-state index in [2.05, 4.69) is 27.6 Å². The van der Waals surface area contributed by atoms with Crippen LogP contribution in [-0.2, 0) is 0 Å². The maximum absolute atomic E-state index is 9.28. The highest BCUT2D eigenvalue weighted by molar-refractivity contribution is 6.07. The lowest BCUT2D eigenvalue weighted by Crippen LogP contribution is -2.25. The molecule has 180 valence electrons. The molecule has 0 aliphatic carbocycles. The molecular formula is C26H34N6O2. The Labute approximate surface area is 201 Å². The van der Waals surface area contributed by atoms with Gasteiger partial charge in [0.2, 0.25) is 0 Å². The summed E-state index contributed by atoms with van der Waals surface area (Å²) in [6.45, 7) is 4.99. The number of nitrogens with one attached hydrogen (secondary N) is 1. The van der Waals surface area contributed by atoms with Crippen molar-refractivity contribution in [2.75, 3.05) is 44.4 Å². The number of nitrogen functional groups attached to an aromatic ring is 1. The van der Waals surface area contributed by atoms with Crippen LogP contribution in [0.3, 0.4) is 0 Å². The zero-order valence-electron chi connectivity index (χ0n) is 20.3. The van der Waals surface area contributed by atoms with Crippen molar-refractivity contribution in [3.05, 3.63) is 71.4 Å². The molecule has 0 aliphatic heterocycles. The van der Waals surface area contributed by atoms with E-state index in [1.807, 2.05) is 70.4 Å². The number of nitrogens with two attached hydrogens (primary N) is 1. The third kappa shape index (κ3) is 6.09. The summed E-state index contributed by atoms with van der Waals surface area (Å²) in [6.07, 6.45) is 0.705. The van der Waals surface area contributed by atoms with Crippen molar-refractivity contribution in [3.63, 3.8) is 0 Å². The highest BCUT2D eigenvalue weighted by Crippen LogP contribution is 2.34. The number of anilines is 2. The molecule has 0 saturated carbocycles. The fourth-order valence-corrected chi connectivity index (χ4v) is 3.80. The Hall–Kier alpha value is -3.49. The molecule has 2 aromatic carbocycles. The second kappa shape index (κ2) is 12.1. The van der Waals surface area contributed by atoms with Gasteiger partial charge < -0.3 is 25.8 Å². The van der Waals surface area contributed by atoms with Crippen LogP contribution in [0.2, 0.25) is 0 Å². The number of aromatic nitrogens is 2. The first kappa shape index (κ1) is 25.1. The van der Waals surface area contributed by atoms with Gasteiger partial charge in [-0.25, -0.2) is 4.99 Å². The molecule has 0 spiro atoms. The zero-order valence-corrected chi connectivity index (χ0v) is 20.3. The Morgan fingerprint density at radius 1 is 1.15 bits per heavy atom. The topological polar surface area (TPSA) is 109 Å². The highest BCUT2D eigenvalue weighted by atomic mass is 16.5. The maximum Gasteiger partial charge on any atom is 0.175 e. The first-order valence-electron chi connectivity index (χ1n) is 11.4. The molecule has 4 N–H and O–H groups in total. The van der Waals surface area contributed by atoms with Crippen LogP contribution < -0.4 is 20.7 Å². The normalized spacial score (nSPS) is 12.4. The monoisotopic (exact) mass is 462 g/mol. The van der Waals surface area contributed by atoms with Gasteiger partial charge in [0.1, 0.15) is 17.5 Å². The van der Waals surface area contributed by atoms with Crippen molar-refractivity contribution in [3.8, 4) is 5.75 Å². The van der Waals surface area contributed by atoms with E-state index in [-0.39, 0.29) is 12.7 Å². The first-order chi connectivity index (χ1) is 16.5. The van der Waals surface area contributed by atoms with E-state index in [0.29, 0.717) is 40.9 Å². The number of nitrogens with zero attached hydrogens (tertiary/aromatic N) is 4. The number of likely N-dealkylation sites (N-methyl/N-ethyl adjacent to an activating group) is 1. The number of aliphatic hydroxyl groups excluding tert-OH is 1. The summed E-state index contributed by atoms with van der Waals surface area (Å²) in [5, 5.41) is 21.0. The van der Waals surface area contributed by atoms with Crippen molar-refractivity contribution < 1.29 is 9.84 Å². The molecular weight excluding hydrogens is 428 g/mol. The van der Waals surface area contributed by atoms with Gasteiger partial charge in [-0.15, -0.1) is 5.10 Å². The number of rotatable bonds is 11. The molecule has 0 bridgehead atoms. The summed E-state index contributed by atoms with van der Waals surface area (Å²) in [5.74, 6) is 1.22. The molecule has 1 atom stereocenters. The quantitative estimate of drug-likeness (QED) is 0.373. The number of hydrogen-bond donors (Lipinski definition) is 3. The van der Waals surface area contributed by atoms with Gasteiger partial charge in [0.15, 0.2) is 5.82 Å². The van der Waals surface area contributed by atoms with Crippen LogP contribution in [0.15, 0.2) is 59.6 Å². The van der Waals surface area contributed by atoms with E-state index < -0.39 is 0 Å². The predicted molar refractivity (Wildman–Crippen MR) is 138 cm³/mol. The molecule has 1 heterocycles. The maximum atomic E-state index is 9.28. The molecule has 8 heteroatoms. The van der Waals surface area contributed by atoms with Gasteiger partial charge in [0, 0.05) is 31.3 Å². The Kier molecular flexibility index (Phi) is 8.95. The average molecular weight is 463 g/mol. The lowest BCUT2D eigenvalue weighted by atomic mass is 10.1. The smallest absolute Gasteiger partial charge is 0.175 e. The van der Waals surface area contributed by atoms with E-state index in [1.165, 1.54) is 0 Å². The summed E-state index contributed by atoms with van der Waals surface area (Å²) in [5.41, 5.74) is 10.9. The van der Waals surface area contributed by atoms with Crippen molar-refractivity contribution in [2.45, 2.75) is 26.4 Å². The van der Waals surface area contributed by atoms with E-state index in [9.17, 15) is 5.11 Å². The Balaban J connectivity index is 1.97. The van der Waals surface area contributed by atoms with Crippen molar-refractivity contribution >= 4 is 22.9 Å². The largest absolute Gasteiger partial charge is 0.483 e. The summed E-state index contributed by atoms with van der Waals surface area (Å²) in [4.78, 5) is 6.66. The minimum atomic E-state index is -0.113. The molecule has 3 aromatic rings. The molecule has 0 fully saturated rings. The van der Waals surface area contributed by atoms with Crippen LogP contribution in [0.25, 0.3) is 0 Å².